The summed E-state index contributed by atoms with van der Waals surface area (Å²) in [6.07, 6.45) is 5.86. The summed E-state index contributed by atoms with van der Waals surface area (Å²) >= 11 is 0. The maximum absolute atomic E-state index is 5.85. The molecule has 1 aromatic heterocycles. The van der Waals surface area contributed by atoms with Crippen molar-refractivity contribution >= 4 is 11.6 Å². The molecule has 0 spiro atoms. The maximum atomic E-state index is 5.85. The van der Waals surface area contributed by atoms with Gasteiger partial charge in [-0.15, -0.1) is 0 Å². The lowest BCUT2D eigenvalue weighted by molar-refractivity contribution is 0.446. The van der Waals surface area contributed by atoms with Crippen molar-refractivity contribution in [3.63, 3.8) is 0 Å². The van der Waals surface area contributed by atoms with Gasteiger partial charge in [0.15, 0.2) is 0 Å². The highest BCUT2D eigenvalue weighted by atomic mass is 15.2. The van der Waals surface area contributed by atoms with Crippen LogP contribution >= 0.6 is 0 Å². The first-order chi connectivity index (χ1) is 8.24. The van der Waals surface area contributed by atoms with E-state index in [2.05, 4.69) is 28.7 Å². The van der Waals surface area contributed by atoms with Crippen LogP contribution in [0.2, 0.25) is 0 Å². The Morgan fingerprint density at radius 2 is 2.18 bits per heavy atom. The van der Waals surface area contributed by atoms with E-state index in [1.807, 2.05) is 6.07 Å². The van der Waals surface area contributed by atoms with Crippen LogP contribution in [0, 0.1) is 0 Å². The fraction of sp³-hybridized carbons (Fsp3) is 0.692. The van der Waals surface area contributed by atoms with Crippen LogP contribution < -0.4 is 10.6 Å². The van der Waals surface area contributed by atoms with E-state index in [1.54, 1.807) is 0 Å². The number of rotatable bonds is 3. The fourth-order valence-electron chi connectivity index (χ4n) is 2.53. The lowest BCUT2D eigenvalue weighted by atomic mass is 10.00. The molecule has 1 aliphatic heterocycles. The van der Waals surface area contributed by atoms with Crippen LogP contribution in [0.5, 0.6) is 0 Å². The second-order valence-electron chi connectivity index (χ2n) is 4.67. The molecular formula is C13H22N4. The number of anilines is 2. The first-order valence-corrected chi connectivity index (χ1v) is 6.64. The number of hydrogen-bond donors (Lipinski definition) is 1. The third kappa shape index (κ3) is 2.68. The summed E-state index contributed by atoms with van der Waals surface area (Å²) in [6, 6.07) is 2.52. The Morgan fingerprint density at radius 3 is 2.88 bits per heavy atom. The number of nitrogens with zero attached hydrogens (tertiary/aromatic N) is 3. The molecule has 0 radical (unpaired) electrons. The van der Waals surface area contributed by atoms with Gasteiger partial charge in [-0.1, -0.05) is 13.8 Å². The number of nitrogens with two attached hydrogens (primary N) is 1. The van der Waals surface area contributed by atoms with Crippen LogP contribution in [-0.4, -0.2) is 22.6 Å². The predicted molar refractivity (Wildman–Crippen MR) is 71.1 cm³/mol. The Bertz CT molecular complexity index is 378. The minimum absolute atomic E-state index is 0.590. The van der Waals surface area contributed by atoms with Crippen molar-refractivity contribution in [3.05, 3.63) is 11.9 Å². The van der Waals surface area contributed by atoms with E-state index in [-0.39, 0.29) is 0 Å². The molecule has 0 bridgehead atoms. The molecule has 0 aromatic carbocycles. The van der Waals surface area contributed by atoms with Crippen LogP contribution in [0.15, 0.2) is 6.07 Å². The van der Waals surface area contributed by atoms with E-state index in [9.17, 15) is 0 Å². The molecule has 1 unspecified atom stereocenters. The summed E-state index contributed by atoms with van der Waals surface area (Å²) in [5.41, 5.74) is 5.85. The predicted octanol–water partition coefficient (Wildman–Crippen LogP) is 2.39. The van der Waals surface area contributed by atoms with Gasteiger partial charge in [0, 0.05) is 25.1 Å². The lowest BCUT2D eigenvalue weighted by Crippen LogP contribution is -2.39. The average Bonchev–Trinajstić information content (AvgIpc) is 2.37. The molecule has 2 heterocycles. The largest absolute Gasteiger partial charge is 0.384 e. The molecule has 1 atom stereocenters. The van der Waals surface area contributed by atoms with Gasteiger partial charge >= 0.3 is 0 Å². The molecule has 17 heavy (non-hydrogen) atoms. The molecule has 4 heteroatoms. The minimum atomic E-state index is 0.590. The molecule has 0 amide bonds. The third-order valence-electron chi connectivity index (χ3n) is 3.49. The zero-order chi connectivity index (χ0) is 12.3. The van der Waals surface area contributed by atoms with Crippen molar-refractivity contribution in [2.24, 2.45) is 0 Å². The normalized spacial score (nSPS) is 20.6. The van der Waals surface area contributed by atoms with E-state index in [0.29, 0.717) is 11.9 Å². The van der Waals surface area contributed by atoms with Crippen molar-refractivity contribution in [1.29, 1.82) is 0 Å². The number of piperidine rings is 1. The smallest absolute Gasteiger partial charge is 0.134 e. The molecule has 2 N–H and O–H groups in total. The summed E-state index contributed by atoms with van der Waals surface area (Å²) < 4.78 is 0. The number of nitrogen functional groups attached to an aromatic ring is 1. The molecule has 1 fully saturated rings. The summed E-state index contributed by atoms with van der Waals surface area (Å²) in [5, 5.41) is 0. The molecule has 1 aliphatic rings. The first kappa shape index (κ1) is 12.1. The molecule has 0 aliphatic carbocycles. The SMILES string of the molecule is CCc1nc(N)cc(N2CCCCC2CC)n1. The molecular weight excluding hydrogens is 212 g/mol. The van der Waals surface area contributed by atoms with Gasteiger partial charge in [-0.25, -0.2) is 9.97 Å². The van der Waals surface area contributed by atoms with Gasteiger partial charge in [-0.2, -0.15) is 0 Å². The Kier molecular flexibility index (Phi) is 3.82. The molecule has 94 valence electrons. The van der Waals surface area contributed by atoms with Gasteiger partial charge in [0.25, 0.3) is 0 Å². The molecule has 2 rings (SSSR count). The van der Waals surface area contributed by atoms with Crippen LogP contribution in [0.4, 0.5) is 11.6 Å². The standard InChI is InChI=1S/C13H22N4/c1-3-10-7-5-6-8-17(10)13-9-11(14)15-12(4-2)16-13/h9-10H,3-8H2,1-2H3,(H2,14,15,16). The monoisotopic (exact) mass is 234 g/mol. The fourth-order valence-corrected chi connectivity index (χ4v) is 2.53. The van der Waals surface area contributed by atoms with Crippen LogP contribution in [0.3, 0.4) is 0 Å². The van der Waals surface area contributed by atoms with Crippen molar-refractivity contribution < 1.29 is 0 Å². The van der Waals surface area contributed by atoms with Gasteiger partial charge in [0.2, 0.25) is 0 Å². The quantitative estimate of drug-likeness (QED) is 0.872. The highest BCUT2D eigenvalue weighted by Crippen LogP contribution is 2.25. The molecule has 4 nitrogen and oxygen atoms in total. The van der Waals surface area contributed by atoms with Crippen LogP contribution in [0.25, 0.3) is 0 Å². The van der Waals surface area contributed by atoms with Crippen molar-refractivity contribution in [2.45, 2.75) is 52.0 Å². The van der Waals surface area contributed by atoms with Crippen LogP contribution in [-0.2, 0) is 6.42 Å². The second kappa shape index (κ2) is 5.34. The van der Waals surface area contributed by atoms with Gasteiger partial charge in [-0.3, -0.25) is 0 Å². The molecule has 1 saturated heterocycles. The van der Waals surface area contributed by atoms with E-state index >= 15 is 0 Å². The van der Waals surface area contributed by atoms with Gasteiger partial charge < -0.3 is 10.6 Å². The van der Waals surface area contributed by atoms with Crippen molar-refractivity contribution in [2.75, 3.05) is 17.2 Å². The summed E-state index contributed by atoms with van der Waals surface area (Å²) in [5.74, 6) is 2.45. The topological polar surface area (TPSA) is 55.0 Å². The van der Waals surface area contributed by atoms with E-state index in [1.165, 1.54) is 25.7 Å². The Morgan fingerprint density at radius 1 is 1.35 bits per heavy atom. The lowest BCUT2D eigenvalue weighted by Gasteiger charge is -2.36. The van der Waals surface area contributed by atoms with E-state index in [0.717, 1.165) is 24.6 Å². The van der Waals surface area contributed by atoms with Crippen molar-refractivity contribution in [1.82, 2.24) is 9.97 Å². The van der Waals surface area contributed by atoms with E-state index < -0.39 is 0 Å². The molecule has 1 aromatic rings. The maximum Gasteiger partial charge on any atom is 0.134 e. The third-order valence-corrected chi connectivity index (χ3v) is 3.49. The Hall–Kier alpha value is -1.32. The highest BCUT2D eigenvalue weighted by Gasteiger charge is 2.22. The zero-order valence-electron chi connectivity index (χ0n) is 10.8. The zero-order valence-corrected chi connectivity index (χ0v) is 10.8. The number of aryl methyl sites for hydroxylation is 1. The van der Waals surface area contributed by atoms with Crippen molar-refractivity contribution in [3.8, 4) is 0 Å². The Balaban J connectivity index is 2.27. The molecule has 0 saturated carbocycles. The van der Waals surface area contributed by atoms with Crippen LogP contribution in [0.1, 0.15) is 45.4 Å². The minimum Gasteiger partial charge on any atom is -0.384 e. The van der Waals surface area contributed by atoms with E-state index in [4.69, 9.17) is 5.73 Å². The summed E-state index contributed by atoms with van der Waals surface area (Å²) in [4.78, 5) is 11.3. The first-order valence-electron chi connectivity index (χ1n) is 6.64. The average molecular weight is 234 g/mol. The van der Waals surface area contributed by atoms with Gasteiger partial charge in [-0.05, 0) is 25.7 Å². The summed E-state index contributed by atoms with van der Waals surface area (Å²) in [6.45, 7) is 5.40. The van der Waals surface area contributed by atoms with Gasteiger partial charge in [0.05, 0.1) is 0 Å². The number of aromatic nitrogens is 2. The highest BCUT2D eigenvalue weighted by molar-refractivity contribution is 5.48. The van der Waals surface area contributed by atoms with Gasteiger partial charge in [0.1, 0.15) is 17.5 Å². The Labute approximate surface area is 103 Å². The second-order valence-corrected chi connectivity index (χ2v) is 4.67. The number of hydrogen-bond acceptors (Lipinski definition) is 4. The summed E-state index contributed by atoms with van der Waals surface area (Å²) in [7, 11) is 0.